The molecule has 0 aliphatic carbocycles. The Morgan fingerprint density at radius 2 is 1.90 bits per heavy atom. The fourth-order valence-electron chi connectivity index (χ4n) is 1.95. The molecule has 1 heterocycles. The third-order valence-corrected chi connectivity index (χ3v) is 3.45. The number of benzene rings is 2. The van der Waals surface area contributed by atoms with E-state index in [0.717, 1.165) is 0 Å². The van der Waals surface area contributed by atoms with Gasteiger partial charge in [-0.2, -0.15) is 0 Å². The predicted molar refractivity (Wildman–Crippen MR) is 80.3 cm³/mol. The molecule has 0 N–H and O–H groups in total. The lowest BCUT2D eigenvalue weighted by atomic mass is 10.2. The summed E-state index contributed by atoms with van der Waals surface area (Å²) in [6, 6.07) is 9.66. The Bertz CT molecular complexity index is 811. The average molecular weight is 323 g/mol. The summed E-state index contributed by atoms with van der Waals surface area (Å²) in [4.78, 5) is 8.16. The molecule has 0 aliphatic heterocycles. The zero-order chi connectivity index (χ0) is 14.8. The summed E-state index contributed by atoms with van der Waals surface area (Å²) in [6.45, 7) is 0.0585. The molecule has 0 bridgehead atoms. The number of fused-ring (bicyclic) bond motifs is 1. The van der Waals surface area contributed by atoms with E-state index in [2.05, 4.69) is 9.97 Å². The minimum absolute atomic E-state index is 0.0585. The van der Waals surface area contributed by atoms with Crippen molar-refractivity contribution in [1.29, 1.82) is 0 Å². The topological polar surface area (TPSA) is 35.0 Å². The molecule has 0 spiro atoms. The third-order valence-electron chi connectivity index (χ3n) is 2.94. The molecule has 0 atom stereocenters. The molecular weight excluding hydrogens is 314 g/mol. The summed E-state index contributed by atoms with van der Waals surface area (Å²) in [5.41, 5.74) is 0.983. The number of nitrogens with zero attached hydrogens (tertiary/aromatic N) is 2. The van der Waals surface area contributed by atoms with Gasteiger partial charge in [0.25, 0.3) is 0 Å². The monoisotopic (exact) mass is 322 g/mol. The molecule has 0 saturated heterocycles. The molecule has 0 unspecified atom stereocenters. The van der Waals surface area contributed by atoms with Gasteiger partial charge in [-0.25, -0.2) is 14.4 Å². The highest BCUT2D eigenvalue weighted by atomic mass is 35.5. The van der Waals surface area contributed by atoms with E-state index in [4.69, 9.17) is 27.9 Å². The molecule has 1 aromatic heterocycles. The Morgan fingerprint density at radius 3 is 2.71 bits per heavy atom. The quantitative estimate of drug-likeness (QED) is 0.703. The second kappa shape index (κ2) is 5.84. The molecule has 2 aromatic carbocycles. The predicted octanol–water partition coefficient (Wildman–Crippen LogP) is 4.65. The highest BCUT2D eigenvalue weighted by Gasteiger charge is 2.10. The lowest BCUT2D eigenvalue weighted by Gasteiger charge is -2.09. The highest BCUT2D eigenvalue weighted by molar-refractivity contribution is 6.38. The smallest absolute Gasteiger partial charge is 0.224 e. The summed E-state index contributed by atoms with van der Waals surface area (Å²) in [5.74, 6) is -0.0143. The first-order chi connectivity index (χ1) is 10.1. The first-order valence-corrected chi connectivity index (χ1v) is 6.86. The van der Waals surface area contributed by atoms with Gasteiger partial charge in [0.2, 0.25) is 5.88 Å². The molecule has 6 heteroatoms. The molecule has 3 aromatic rings. The van der Waals surface area contributed by atoms with Crippen molar-refractivity contribution >= 4 is 34.1 Å². The lowest BCUT2D eigenvalue weighted by molar-refractivity contribution is 0.291. The van der Waals surface area contributed by atoms with Crippen LogP contribution < -0.4 is 4.74 Å². The number of halogens is 3. The van der Waals surface area contributed by atoms with Crippen LogP contribution in [0.1, 0.15) is 5.56 Å². The minimum Gasteiger partial charge on any atom is -0.472 e. The fourth-order valence-corrected chi connectivity index (χ4v) is 2.49. The van der Waals surface area contributed by atoms with Gasteiger partial charge in [0, 0.05) is 10.6 Å². The van der Waals surface area contributed by atoms with E-state index in [-0.39, 0.29) is 12.4 Å². The lowest BCUT2D eigenvalue weighted by Crippen LogP contribution is -2.01. The van der Waals surface area contributed by atoms with Crippen LogP contribution in [0.5, 0.6) is 5.88 Å². The molecule has 106 valence electrons. The molecule has 21 heavy (non-hydrogen) atoms. The maximum Gasteiger partial charge on any atom is 0.224 e. The Hall–Kier alpha value is -1.91. The van der Waals surface area contributed by atoms with Crippen molar-refractivity contribution in [2.75, 3.05) is 0 Å². The van der Waals surface area contributed by atoms with Crippen molar-refractivity contribution in [2.24, 2.45) is 0 Å². The molecule has 0 aliphatic rings. The van der Waals surface area contributed by atoms with Crippen LogP contribution >= 0.6 is 23.2 Å². The van der Waals surface area contributed by atoms with Gasteiger partial charge < -0.3 is 4.74 Å². The summed E-state index contributed by atoms with van der Waals surface area (Å²) in [6.07, 6.45) is 1.35. The second-order valence-corrected chi connectivity index (χ2v) is 5.19. The summed E-state index contributed by atoms with van der Waals surface area (Å²) in [7, 11) is 0. The second-order valence-electron chi connectivity index (χ2n) is 4.34. The Kier molecular flexibility index (Phi) is 3.90. The standard InChI is InChI=1S/C15H9Cl2FN2O/c16-10-5-11-14(12(17)6-10)19-8-20-15(11)21-7-9-3-1-2-4-13(9)18/h1-6,8H,7H2. The molecule has 3 rings (SSSR count). The van der Waals surface area contributed by atoms with Gasteiger partial charge in [-0.15, -0.1) is 0 Å². The van der Waals surface area contributed by atoms with Gasteiger partial charge in [-0.05, 0) is 18.2 Å². The van der Waals surface area contributed by atoms with Crippen molar-refractivity contribution in [3.8, 4) is 5.88 Å². The van der Waals surface area contributed by atoms with E-state index in [0.29, 0.717) is 32.4 Å². The van der Waals surface area contributed by atoms with Gasteiger partial charge in [0.05, 0.1) is 15.9 Å². The van der Waals surface area contributed by atoms with Crippen LogP contribution in [0.25, 0.3) is 10.9 Å². The normalized spacial score (nSPS) is 10.8. The summed E-state index contributed by atoms with van der Waals surface area (Å²) >= 11 is 12.1. The summed E-state index contributed by atoms with van der Waals surface area (Å²) in [5, 5.41) is 1.46. The van der Waals surface area contributed by atoms with E-state index in [1.54, 1.807) is 30.3 Å². The maximum atomic E-state index is 13.6. The third kappa shape index (κ3) is 2.91. The molecule has 3 nitrogen and oxygen atoms in total. The number of rotatable bonds is 3. The van der Waals surface area contributed by atoms with Crippen molar-refractivity contribution in [3.05, 3.63) is 64.2 Å². The first-order valence-electron chi connectivity index (χ1n) is 6.11. The van der Waals surface area contributed by atoms with E-state index < -0.39 is 0 Å². The van der Waals surface area contributed by atoms with E-state index in [1.165, 1.54) is 12.4 Å². The van der Waals surface area contributed by atoms with Crippen LogP contribution in [0.3, 0.4) is 0 Å². The van der Waals surface area contributed by atoms with Crippen molar-refractivity contribution in [3.63, 3.8) is 0 Å². The van der Waals surface area contributed by atoms with E-state index in [9.17, 15) is 4.39 Å². The zero-order valence-electron chi connectivity index (χ0n) is 10.7. The van der Waals surface area contributed by atoms with Gasteiger partial charge in [-0.3, -0.25) is 0 Å². The van der Waals surface area contributed by atoms with Crippen LogP contribution in [-0.4, -0.2) is 9.97 Å². The Morgan fingerprint density at radius 1 is 1.10 bits per heavy atom. The van der Waals surface area contributed by atoms with Crippen LogP contribution in [-0.2, 0) is 6.61 Å². The van der Waals surface area contributed by atoms with Crippen LogP contribution in [0.4, 0.5) is 4.39 Å². The molecule has 0 radical (unpaired) electrons. The number of ether oxygens (including phenoxy) is 1. The van der Waals surface area contributed by atoms with Gasteiger partial charge in [0.1, 0.15) is 18.8 Å². The minimum atomic E-state index is -0.327. The zero-order valence-corrected chi connectivity index (χ0v) is 12.2. The number of hydrogen-bond acceptors (Lipinski definition) is 3. The van der Waals surface area contributed by atoms with Crippen molar-refractivity contribution in [1.82, 2.24) is 9.97 Å². The average Bonchev–Trinajstić information content (AvgIpc) is 2.46. The van der Waals surface area contributed by atoms with Gasteiger partial charge >= 0.3 is 0 Å². The first kappa shape index (κ1) is 14.0. The summed E-state index contributed by atoms with van der Waals surface area (Å²) < 4.78 is 19.2. The van der Waals surface area contributed by atoms with Crippen LogP contribution in [0, 0.1) is 5.82 Å². The van der Waals surface area contributed by atoms with E-state index in [1.807, 2.05) is 0 Å². The fraction of sp³-hybridized carbons (Fsp3) is 0.0667. The Labute approximate surface area is 130 Å². The van der Waals surface area contributed by atoms with Gasteiger partial charge in [-0.1, -0.05) is 41.4 Å². The highest BCUT2D eigenvalue weighted by Crippen LogP contribution is 2.31. The Balaban J connectivity index is 1.96. The van der Waals surface area contributed by atoms with Gasteiger partial charge in [0.15, 0.2) is 0 Å². The molecule has 0 amide bonds. The molecule has 0 saturated carbocycles. The van der Waals surface area contributed by atoms with Crippen molar-refractivity contribution < 1.29 is 9.13 Å². The SMILES string of the molecule is Fc1ccccc1COc1ncnc2c(Cl)cc(Cl)cc12. The largest absolute Gasteiger partial charge is 0.472 e. The molecule has 0 fully saturated rings. The van der Waals surface area contributed by atoms with E-state index >= 15 is 0 Å². The van der Waals surface area contributed by atoms with Crippen LogP contribution in [0.2, 0.25) is 10.0 Å². The number of hydrogen-bond donors (Lipinski definition) is 0. The molecular formula is C15H9Cl2FN2O. The van der Waals surface area contributed by atoms with Crippen molar-refractivity contribution in [2.45, 2.75) is 6.61 Å². The maximum absolute atomic E-state index is 13.6. The van der Waals surface area contributed by atoms with Crippen LogP contribution in [0.15, 0.2) is 42.7 Å². The number of aromatic nitrogens is 2.